The molecule has 1 saturated heterocycles. The maximum atomic E-state index is 13.1. The fourth-order valence-corrected chi connectivity index (χ4v) is 13.6. The molecule has 7 fully saturated rings. The van der Waals surface area contributed by atoms with E-state index in [0.717, 1.165) is 55.6 Å². The van der Waals surface area contributed by atoms with Crippen LogP contribution in [0.1, 0.15) is 97.8 Å². The van der Waals surface area contributed by atoms with Crippen molar-refractivity contribution in [3.8, 4) is 0 Å². The summed E-state index contributed by atoms with van der Waals surface area (Å²) in [5.41, 5.74) is 0.740. The molecule has 0 spiro atoms. The highest BCUT2D eigenvalue weighted by molar-refractivity contribution is 7.95. The number of rotatable bonds is 9. The topological polar surface area (TPSA) is 94.1 Å². The molecule has 13 unspecified atom stereocenters. The molecule has 0 aromatic carbocycles. The van der Waals surface area contributed by atoms with Crippen LogP contribution < -0.4 is 10.0 Å². The normalized spacial score (nSPS) is 47.5. The number of aliphatic carboxylic acids is 1. The molecule has 13 atom stereocenters. The summed E-state index contributed by atoms with van der Waals surface area (Å²) in [6.07, 6.45) is 15.1. The Bertz CT molecular complexity index is 1120. The number of esters is 1. The molecule has 7 rings (SSSR count). The molecular weight excluding hydrogens is 596 g/mol. The molecule has 6 aliphatic carbocycles. The lowest BCUT2D eigenvalue weighted by molar-refractivity contribution is -0.186. The zero-order valence-corrected chi connectivity index (χ0v) is 29.9. The Labute approximate surface area is 282 Å². The summed E-state index contributed by atoms with van der Waals surface area (Å²) < 4.78 is 11.9. The number of carboxylic acid groups (broad SMARTS) is 1. The first kappa shape index (κ1) is 33.6. The molecule has 1 aliphatic heterocycles. The first-order valence-corrected chi connectivity index (χ1v) is 19.9. The number of carbonyl (C=O) groups is 2. The molecule has 0 aromatic rings. The van der Waals surface area contributed by atoms with E-state index in [1.54, 1.807) is 12.1 Å². The second-order valence-electron chi connectivity index (χ2n) is 17.1. The van der Waals surface area contributed by atoms with E-state index in [1.807, 2.05) is 14.0 Å². The van der Waals surface area contributed by atoms with Crippen LogP contribution in [0.25, 0.3) is 0 Å². The predicted octanol–water partition coefficient (Wildman–Crippen LogP) is 5.68. The van der Waals surface area contributed by atoms with E-state index in [0.29, 0.717) is 29.2 Å². The molecule has 0 bridgehead atoms. The molecule has 0 amide bonds. The third-order valence-corrected chi connectivity index (χ3v) is 16.3. The average Bonchev–Trinajstić information content (AvgIpc) is 3.47. The minimum atomic E-state index is -0.776. The van der Waals surface area contributed by atoms with Crippen LogP contribution in [0.3, 0.4) is 0 Å². The van der Waals surface area contributed by atoms with Gasteiger partial charge >= 0.3 is 11.9 Å². The van der Waals surface area contributed by atoms with Crippen molar-refractivity contribution >= 4 is 24.1 Å². The number of fused-ring (bicyclic) bond motifs is 7. The zero-order chi connectivity index (χ0) is 32.2. The van der Waals surface area contributed by atoms with Crippen LogP contribution >= 0.6 is 12.1 Å². The van der Waals surface area contributed by atoms with Gasteiger partial charge in [-0.3, -0.25) is 19.2 Å². The second-order valence-corrected chi connectivity index (χ2v) is 18.2. The Balaban J connectivity index is 0.942. The van der Waals surface area contributed by atoms with Crippen molar-refractivity contribution in [3.63, 3.8) is 0 Å². The van der Waals surface area contributed by atoms with Crippen molar-refractivity contribution in [2.24, 2.45) is 64.6 Å². The van der Waals surface area contributed by atoms with Crippen LogP contribution in [0.5, 0.6) is 0 Å². The first-order valence-electron chi connectivity index (χ1n) is 19.1. The predicted molar refractivity (Wildman–Crippen MR) is 183 cm³/mol. The Kier molecular flexibility index (Phi) is 9.83. The first-order chi connectivity index (χ1) is 22.1. The van der Waals surface area contributed by atoms with Gasteiger partial charge in [-0.2, -0.15) is 0 Å². The smallest absolute Gasteiger partial charge is 0.309 e. The maximum absolute atomic E-state index is 13.1. The monoisotopic (exact) mass is 658 g/mol. The number of nitrogens with zero attached hydrogens (tertiary/aromatic N) is 2. The van der Waals surface area contributed by atoms with Gasteiger partial charge < -0.3 is 15.2 Å². The number of hydrogen-bond donors (Lipinski definition) is 3. The Morgan fingerprint density at radius 3 is 2.30 bits per heavy atom. The molecule has 0 radical (unpaired) electrons. The highest BCUT2D eigenvalue weighted by Gasteiger charge is 2.61. The van der Waals surface area contributed by atoms with Crippen LogP contribution in [0, 0.1) is 64.6 Å². The van der Waals surface area contributed by atoms with E-state index < -0.39 is 11.9 Å². The van der Waals surface area contributed by atoms with Gasteiger partial charge in [0.2, 0.25) is 0 Å². The van der Waals surface area contributed by atoms with Gasteiger partial charge in [0, 0.05) is 56.9 Å². The largest absolute Gasteiger partial charge is 0.481 e. The van der Waals surface area contributed by atoms with Gasteiger partial charge in [-0.15, -0.1) is 0 Å². The summed E-state index contributed by atoms with van der Waals surface area (Å²) in [4.78, 5) is 27.2. The summed E-state index contributed by atoms with van der Waals surface area (Å²) in [5.74, 6) is 3.70. The van der Waals surface area contributed by atoms with Crippen molar-refractivity contribution in [1.82, 2.24) is 19.2 Å². The summed E-state index contributed by atoms with van der Waals surface area (Å²) in [6, 6.07) is 0. The Hall–Kier alpha value is -0.870. The van der Waals surface area contributed by atoms with Gasteiger partial charge in [0.25, 0.3) is 0 Å². The maximum Gasteiger partial charge on any atom is 0.309 e. The van der Waals surface area contributed by atoms with Crippen LogP contribution in [0.15, 0.2) is 0 Å². The number of carboxylic acids is 1. The van der Waals surface area contributed by atoms with Gasteiger partial charge in [0.15, 0.2) is 0 Å². The van der Waals surface area contributed by atoms with E-state index in [-0.39, 0.29) is 23.9 Å². The highest BCUT2D eigenvalue weighted by atomic mass is 32.2. The molecule has 9 heteroatoms. The fourth-order valence-electron chi connectivity index (χ4n) is 13.0. The lowest BCUT2D eigenvalue weighted by atomic mass is 9.43. The van der Waals surface area contributed by atoms with E-state index in [9.17, 15) is 14.7 Å². The average molecular weight is 659 g/mol. The number of hydrogen-bond acceptors (Lipinski definition) is 8. The standard InChI is InChI=1S/C37H62N4O4S/c1-23-28(34(42)43)22-29(23)35(44)45-33-12-14-36(3)30(24(33)2)9-7-26-25-11-15-37(13-5-6-32(37)27(25)8-10-31(26)36)39-16-17-40-18-20-41(21-19-40)46-38-4/h23-33,38-39H,5-22H2,1-4H3,(H,42,43). The molecule has 46 heavy (non-hydrogen) atoms. The molecule has 6 saturated carbocycles. The van der Waals surface area contributed by atoms with Gasteiger partial charge in [-0.1, -0.05) is 27.2 Å². The number of ether oxygens (including phenoxy) is 1. The number of nitrogens with one attached hydrogen (secondary N) is 2. The molecule has 7 aliphatic rings. The number of carbonyl (C=O) groups excluding carboxylic acids is 1. The summed E-state index contributed by atoms with van der Waals surface area (Å²) in [5, 5.41) is 13.6. The van der Waals surface area contributed by atoms with E-state index >= 15 is 0 Å². The van der Waals surface area contributed by atoms with Gasteiger partial charge in [-0.05, 0) is 130 Å². The van der Waals surface area contributed by atoms with E-state index in [2.05, 4.69) is 33.1 Å². The summed E-state index contributed by atoms with van der Waals surface area (Å²) >= 11 is 1.75. The molecule has 260 valence electrons. The summed E-state index contributed by atoms with van der Waals surface area (Å²) in [6.45, 7) is 13.8. The van der Waals surface area contributed by atoms with Gasteiger partial charge in [0.05, 0.1) is 11.8 Å². The third kappa shape index (κ3) is 5.88. The lowest BCUT2D eigenvalue weighted by Gasteiger charge is -2.63. The molecule has 3 N–H and O–H groups in total. The highest BCUT2D eigenvalue weighted by Crippen LogP contribution is 2.66. The summed E-state index contributed by atoms with van der Waals surface area (Å²) in [7, 11) is 2.01. The third-order valence-electron chi connectivity index (χ3n) is 15.5. The quantitative estimate of drug-likeness (QED) is 0.214. The van der Waals surface area contributed by atoms with Gasteiger partial charge in [0.1, 0.15) is 6.10 Å². The molecule has 0 aromatic heterocycles. The van der Waals surface area contributed by atoms with Crippen molar-refractivity contribution in [1.29, 1.82) is 0 Å². The molecule has 1 heterocycles. The van der Waals surface area contributed by atoms with Crippen molar-refractivity contribution in [2.75, 3.05) is 46.3 Å². The van der Waals surface area contributed by atoms with Crippen molar-refractivity contribution < 1.29 is 19.4 Å². The van der Waals surface area contributed by atoms with Crippen molar-refractivity contribution in [3.05, 3.63) is 0 Å². The SMILES string of the molecule is CNSN1CCN(CCNC23CCCC2C2CCC4C(CCC5C(C)C(OC(=O)C6CC(C(=O)O)C6C)CCC54C)C2CC3)CC1. The molecule has 8 nitrogen and oxygen atoms in total. The Morgan fingerprint density at radius 2 is 1.59 bits per heavy atom. The van der Waals surface area contributed by atoms with E-state index in [4.69, 9.17) is 4.74 Å². The van der Waals surface area contributed by atoms with Crippen LogP contribution in [0.2, 0.25) is 0 Å². The Morgan fingerprint density at radius 1 is 0.848 bits per heavy atom. The van der Waals surface area contributed by atoms with Crippen molar-refractivity contribution in [2.45, 2.75) is 109 Å². The fraction of sp³-hybridized carbons (Fsp3) is 0.946. The van der Waals surface area contributed by atoms with E-state index in [1.165, 1.54) is 83.8 Å². The van der Waals surface area contributed by atoms with Crippen LogP contribution in [0.4, 0.5) is 0 Å². The zero-order valence-electron chi connectivity index (χ0n) is 29.1. The van der Waals surface area contributed by atoms with Crippen LogP contribution in [-0.2, 0) is 14.3 Å². The number of piperazine rings is 1. The lowest BCUT2D eigenvalue weighted by Crippen LogP contribution is -2.61. The minimum Gasteiger partial charge on any atom is -0.481 e. The van der Waals surface area contributed by atoms with Crippen LogP contribution in [-0.4, -0.2) is 84.2 Å². The minimum absolute atomic E-state index is 0.00878. The second kappa shape index (κ2) is 13.4. The molecular formula is C37H62N4O4S. The van der Waals surface area contributed by atoms with Gasteiger partial charge in [-0.25, -0.2) is 4.31 Å².